The number of hydrogen-bond acceptors (Lipinski definition) is 3. The standard InChI is InChI=1S/C14H20ClN3O/c1-10-4-6-18(7-5-10)9-12-3-2-11(8-13(12)15)14(16)17-19/h2-3,8,10,19H,4-7,9H2,1H3,(H2,16,17). The molecule has 3 N–H and O–H groups in total. The average Bonchev–Trinajstić information content (AvgIpc) is 2.42. The molecule has 0 amide bonds. The molecule has 0 saturated carbocycles. The van der Waals surface area contributed by atoms with Crippen molar-refractivity contribution in [2.24, 2.45) is 16.8 Å². The largest absolute Gasteiger partial charge is 0.409 e. The van der Waals surface area contributed by atoms with Crippen molar-refractivity contribution in [2.45, 2.75) is 26.3 Å². The van der Waals surface area contributed by atoms with E-state index in [0.717, 1.165) is 31.1 Å². The molecule has 0 unspecified atom stereocenters. The molecule has 0 spiro atoms. The van der Waals surface area contributed by atoms with Gasteiger partial charge in [-0.15, -0.1) is 0 Å². The molecule has 1 aromatic rings. The molecular weight excluding hydrogens is 262 g/mol. The van der Waals surface area contributed by atoms with Gasteiger partial charge < -0.3 is 10.9 Å². The number of benzene rings is 1. The van der Waals surface area contributed by atoms with Crippen LogP contribution in [-0.2, 0) is 6.54 Å². The summed E-state index contributed by atoms with van der Waals surface area (Å²) >= 11 is 6.26. The van der Waals surface area contributed by atoms with Crippen molar-refractivity contribution in [1.82, 2.24) is 4.90 Å². The molecule has 5 heteroatoms. The maximum atomic E-state index is 8.65. The third-order valence-electron chi connectivity index (χ3n) is 3.73. The van der Waals surface area contributed by atoms with E-state index in [1.54, 1.807) is 6.07 Å². The first-order valence-corrected chi connectivity index (χ1v) is 6.96. The molecule has 1 aromatic carbocycles. The summed E-state index contributed by atoms with van der Waals surface area (Å²) in [5.74, 6) is 0.912. The highest BCUT2D eigenvalue weighted by atomic mass is 35.5. The van der Waals surface area contributed by atoms with Crippen LogP contribution < -0.4 is 5.73 Å². The Balaban J connectivity index is 2.05. The van der Waals surface area contributed by atoms with Crippen LogP contribution in [0.2, 0.25) is 5.02 Å². The summed E-state index contributed by atoms with van der Waals surface area (Å²) in [6.45, 7) is 5.41. The highest BCUT2D eigenvalue weighted by molar-refractivity contribution is 6.31. The molecule has 19 heavy (non-hydrogen) atoms. The van der Waals surface area contributed by atoms with Gasteiger partial charge in [-0.1, -0.05) is 35.8 Å². The fraction of sp³-hybridized carbons (Fsp3) is 0.500. The van der Waals surface area contributed by atoms with Crippen molar-refractivity contribution < 1.29 is 5.21 Å². The molecule has 1 aliphatic heterocycles. The third kappa shape index (κ3) is 3.61. The molecule has 4 nitrogen and oxygen atoms in total. The Hall–Kier alpha value is -1.26. The van der Waals surface area contributed by atoms with Gasteiger partial charge in [0.15, 0.2) is 5.84 Å². The molecule has 0 bridgehead atoms. The Kier molecular flexibility index (Phi) is 4.66. The van der Waals surface area contributed by atoms with Crippen molar-refractivity contribution >= 4 is 17.4 Å². The zero-order valence-corrected chi connectivity index (χ0v) is 11.9. The monoisotopic (exact) mass is 281 g/mol. The second-order valence-electron chi connectivity index (χ2n) is 5.25. The van der Waals surface area contributed by atoms with E-state index in [1.165, 1.54) is 12.8 Å². The van der Waals surface area contributed by atoms with Gasteiger partial charge in [0.05, 0.1) is 0 Å². The van der Waals surface area contributed by atoms with E-state index in [0.29, 0.717) is 10.6 Å². The maximum Gasteiger partial charge on any atom is 0.170 e. The molecule has 1 heterocycles. The molecule has 0 aromatic heterocycles. The van der Waals surface area contributed by atoms with Gasteiger partial charge in [-0.2, -0.15) is 0 Å². The summed E-state index contributed by atoms with van der Waals surface area (Å²) in [4.78, 5) is 2.42. The van der Waals surface area contributed by atoms with Crippen LogP contribution in [0.1, 0.15) is 30.9 Å². The van der Waals surface area contributed by atoms with Crippen molar-refractivity contribution in [3.05, 3.63) is 34.3 Å². The van der Waals surface area contributed by atoms with E-state index in [4.69, 9.17) is 22.5 Å². The maximum absolute atomic E-state index is 8.65. The van der Waals surface area contributed by atoms with E-state index >= 15 is 0 Å². The minimum Gasteiger partial charge on any atom is -0.409 e. The lowest BCUT2D eigenvalue weighted by molar-refractivity contribution is 0.185. The number of oxime groups is 1. The molecule has 0 aliphatic carbocycles. The van der Waals surface area contributed by atoms with Gasteiger partial charge >= 0.3 is 0 Å². The summed E-state index contributed by atoms with van der Waals surface area (Å²) in [7, 11) is 0. The molecule has 1 fully saturated rings. The third-order valence-corrected chi connectivity index (χ3v) is 4.08. The number of nitrogens with zero attached hydrogens (tertiary/aromatic N) is 2. The van der Waals surface area contributed by atoms with E-state index in [2.05, 4.69) is 17.0 Å². The minimum atomic E-state index is 0.0836. The van der Waals surface area contributed by atoms with Crippen LogP contribution in [-0.4, -0.2) is 29.0 Å². The van der Waals surface area contributed by atoms with Gasteiger partial charge in [0.2, 0.25) is 0 Å². The molecule has 104 valence electrons. The second-order valence-corrected chi connectivity index (χ2v) is 5.66. The fourth-order valence-electron chi connectivity index (χ4n) is 2.35. The molecular formula is C14H20ClN3O. The van der Waals surface area contributed by atoms with Crippen LogP contribution in [0, 0.1) is 5.92 Å². The van der Waals surface area contributed by atoms with E-state index in [1.807, 2.05) is 12.1 Å². The predicted molar refractivity (Wildman–Crippen MR) is 77.6 cm³/mol. The highest BCUT2D eigenvalue weighted by Gasteiger charge is 2.16. The van der Waals surface area contributed by atoms with Crippen LogP contribution in [0.5, 0.6) is 0 Å². The Bertz CT molecular complexity index is 468. The van der Waals surface area contributed by atoms with Gasteiger partial charge in [-0.25, -0.2) is 0 Å². The number of likely N-dealkylation sites (tertiary alicyclic amines) is 1. The average molecular weight is 282 g/mol. The normalized spacial score (nSPS) is 18.7. The summed E-state index contributed by atoms with van der Waals surface area (Å²) < 4.78 is 0. The minimum absolute atomic E-state index is 0.0836. The number of piperidine rings is 1. The second kappa shape index (κ2) is 6.26. The smallest absolute Gasteiger partial charge is 0.170 e. The summed E-state index contributed by atoms with van der Waals surface area (Å²) in [6.07, 6.45) is 2.50. The molecule has 1 saturated heterocycles. The SMILES string of the molecule is CC1CCN(Cc2ccc(/C(N)=N/O)cc2Cl)CC1. The van der Waals surface area contributed by atoms with Crippen LogP contribution in [0.25, 0.3) is 0 Å². The zero-order chi connectivity index (χ0) is 13.8. The predicted octanol–water partition coefficient (Wildman–Crippen LogP) is 2.67. The summed E-state index contributed by atoms with van der Waals surface area (Å²) in [5, 5.41) is 12.3. The van der Waals surface area contributed by atoms with Crippen molar-refractivity contribution in [2.75, 3.05) is 13.1 Å². The lowest BCUT2D eigenvalue weighted by atomic mass is 9.99. The summed E-state index contributed by atoms with van der Waals surface area (Å²) in [5.41, 5.74) is 7.27. The van der Waals surface area contributed by atoms with Crippen molar-refractivity contribution in [3.63, 3.8) is 0 Å². The molecule has 1 aliphatic rings. The number of rotatable bonds is 3. The van der Waals surface area contributed by atoms with Crippen LogP contribution in [0.15, 0.2) is 23.4 Å². The Morgan fingerprint density at radius 3 is 2.74 bits per heavy atom. The Labute approximate surface area is 118 Å². The van der Waals surface area contributed by atoms with Gasteiger partial charge in [0.1, 0.15) is 0 Å². The molecule has 0 radical (unpaired) electrons. The lowest BCUT2D eigenvalue weighted by Gasteiger charge is -2.30. The number of amidine groups is 1. The van der Waals surface area contributed by atoms with Gasteiger partial charge in [-0.05, 0) is 43.5 Å². The van der Waals surface area contributed by atoms with Gasteiger partial charge in [-0.3, -0.25) is 4.90 Å². The highest BCUT2D eigenvalue weighted by Crippen LogP contribution is 2.23. The van der Waals surface area contributed by atoms with Crippen LogP contribution >= 0.6 is 11.6 Å². The number of hydrogen-bond donors (Lipinski definition) is 2. The van der Waals surface area contributed by atoms with E-state index in [-0.39, 0.29) is 5.84 Å². The van der Waals surface area contributed by atoms with E-state index in [9.17, 15) is 0 Å². The zero-order valence-electron chi connectivity index (χ0n) is 11.1. The fourth-order valence-corrected chi connectivity index (χ4v) is 2.59. The number of nitrogens with two attached hydrogens (primary N) is 1. The van der Waals surface area contributed by atoms with Crippen LogP contribution in [0.3, 0.4) is 0 Å². The quantitative estimate of drug-likeness (QED) is 0.387. The van der Waals surface area contributed by atoms with Crippen molar-refractivity contribution in [1.29, 1.82) is 0 Å². The Morgan fingerprint density at radius 2 is 2.16 bits per heavy atom. The van der Waals surface area contributed by atoms with Crippen molar-refractivity contribution in [3.8, 4) is 0 Å². The van der Waals surface area contributed by atoms with Crippen LogP contribution in [0.4, 0.5) is 0 Å². The first-order chi connectivity index (χ1) is 9.10. The summed E-state index contributed by atoms with van der Waals surface area (Å²) in [6, 6.07) is 5.54. The first-order valence-electron chi connectivity index (χ1n) is 6.59. The molecule has 2 rings (SSSR count). The number of halogens is 1. The van der Waals surface area contributed by atoms with Gasteiger partial charge in [0.25, 0.3) is 0 Å². The Morgan fingerprint density at radius 1 is 1.47 bits per heavy atom. The molecule has 0 atom stereocenters. The van der Waals surface area contributed by atoms with Gasteiger partial charge in [0, 0.05) is 17.1 Å². The first kappa shape index (κ1) is 14.2. The van der Waals surface area contributed by atoms with E-state index < -0.39 is 0 Å². The lowest BCUT2D eigenvalue weighted by Crippen LogP contribution is -2.32. The topological polar surface area (TPSA) is 61.8 Å².